The highest BCUT2D eigenvalue weighted by atomic mass is 19.1. The number of carboxylic acid groups (broad SMARTS) is 1. The smallest absolute Gasteiger partial charge is 0.404 e. The van der Waals surface area contributed by atoms with E-state index < -0.39 is 11.9 Å². The molecule has 0 spiro atoms. The lowest BCUT2D eigenvalue weighted by molar-refractivity contribution is 0.191. The fourth-order valence-corrected chi connectivity index (χ4v) is 3.92. The Morgan fingerprint density at radius 3 is 2.87 bits per heavy atom. The first-order chi connectivity index (χ1) is 14.4. The number of hydrogen-bond donors (Lipinski definition) is 2. The average molecular weight is 414 g/mol. The number of hydrogen-bond acceptors (Lipinski definition) is 6. The molecule has 9 nitrogen and oxygen atoms in total. The topological polar surface area (TPSA) is 105 Å². The van der Waals surface area contributed by atoms with Gasteiger partial charge in [0.1, 0.15) is 17.0 Å². The number of amides is 1. The maximum absolute atomic E-state index is 14.8. The molecule has 1 unspecified atom stereocenters. The van der Waals surface area contributed by atoms with E-state index in [1.54, 1.807) is 16.8 Å². The number of benzene rings is 1. The molecule has 1 amide bonds. The van der Waals surface area contributed by atoms with E-state index in [1.165, 1.54) is 6.07 Å². The van der Waals surface area contributed by atoms with Gasteiger partial charge < -0.3 is 20.1 Å². The van der Waals surface area contributed by atoms with Crippen LogP contribution in [0, 0.1) is 19.7 Å². The van der Waals surface area contributed by atoms with Gasteiger partial charge in [-0.15, -0.1) is 5.10 Å². The van der Waals surface area contributed by atoms with E-state index in [-0.39, 0.29) is 6.04 Å². The van der Waals surface area contributed by atoms with Crippen molar-refractivity contribution in [3.8, 4) is 11.4 Å². The van der Waals surface area contributed by atoms with Crippen molar-refractivity contribution in [2.75, 3.05) is 24.6 Å². The van der Waals surface area contributed by atoms with Gasteiger partial charge in [0.25, 0.3) is 0 Å². The third-order valence-electron chi connectivity index (χ3n) is 5.26. The van der Waals surface area contributed by atoms with Crippen molar-refractivity contribution in [3.05, 3.63) is 35.4 Å². The number of carbonyl (C=O) groups is 1. The normalized spacial score (nSPS) is 16.3. The van der Waals surface area contributed by atoms with Crippen LogP contribution in [0.5, 0.6) is 5.75 Å². The van der Waals surface area contributed by atoms with Crippen LogP contribution in [0.3, 0.4) is 0 Å². The number of nitrogens with one attached hydrogen (secondary N) is 1. The summed E-state index contributed by atoms with van der Waals surface area (Å²) in [5.41, 5.74) is 2.37. The molecule has 2 N–H and O–H groups in total. The summed E-state index contributed by atoms with van der Waals surface area (Å²) in [7, 11) is 0. The molecule has 1 fully saturated rings. The Labute approximate surface area is 172 Å². The highest BCUT2D eigenvalue weighted by Gasteiger charge is 2.28. The molecule has 3 heterocycles. The molecule has 10 heteroatoms. The van der Waals surface area contributed by atoms with Crippen LogP contribution in [-0.2, 0) is 0 Å². The lowest BCUT2D eigenvalue weighted by Gasteiger charge is -2.17. The predicted molar refractivity (Wildman–Crippen MR) is 109 cm³/mol. The van der Waals surface area contributed by atoms with Gasteiger partial charge in [0.05, 0.1) is 29.4 Å². The number of anilines is 1. The Morgan fingerprint density at radius 1 is 1.37 bits per heavy atom. The molecule has 158 valence electrons. The van der Waals surface area contributed by atoms with Gasteiger partial charge in [-0.3, -0.25) is 0 Å². The first kappa shape index (κ1) is 19.9. The lowest BCUT2D eigenvalue weighted by Crippen LogP contribution is -2.36. The lowest BCUT2D eigenvalue weighted by atomic mass is 10.2. The molecular formula is C20H23FN6O3. The van der Waals surface area contributed by atoms with E-state index in [0.717, 1.165) is 11.1 Å². The maximum atomic E-state index is 14.8. The van der Waals surface area contributed by atoms with Crippen molar-refractivity contribution in [1.82, 2.24) is 25.3 Å². The van der Waals surface area contributed by atoms with Crippen molar-refractivity contribution in [3.63, 3.8) is 0 Å². The Morgan fingerprint density at radius 2 is 2.17 bits per heavy atom. The summed E-state index contributed by atoms with van der Waals surface area (Å²) in [6, 6.07) is 4.50. The van der Waals surface area contributed by atoms with E-state index >= 15 is 0 Å². The minimum Gasteiger partial charge on any atom is -0.494 e. The molecule has 0 saturated carbocycles. The van der Waals surface area contributed by atoms with E-state index in [2.05, 4.69) is 20.6 Å². The van der Waals surface area contributed by atoms with Crippen LogP contribution in [0.2, 0.25) is 0 Å². The first-order valence-corrected chi connectivity index (χ1v) is 9.78. The van der Waals surface area contributed by atoms with Crippen molar-refractivity contribution >= 4 is 22.8 Å². The first-order valence-electron chi connectivity index (χ1n) is 9.78. The zero-order chi connectivity index (χ0) is 21.4. The van der Waals surface area contributed by atoms with Crippen molar-refractivity contribution in [2.24, 2.45) is 0 Å². The van der Waals surface area contributed by atoms with Gasteiger partial charge in [-0.2, -0.15) is 10.2 Å². The van der Waals surface area contributed by atoms with Gasteiger partial charge in [0.15, 0.2) is 11.6 Å². The van der Waals surface area contributed by atoms with E-state index in [9.17, 15) is 9.18 Å². The van der Waals surface area contributed by atoms with Gasteiger partial charge in [-0.05, 0) is 39.3 Å². The zero-order valence-electron chi connectivity index (χ0n) is 17.0. The number of nitrogens with zero attached hydrogens (tertiary/aromatic N) is 5. The number of aryl methyl sites for hydroxylation is 2. The summed E-state index contributed by atoms with van der Waals surface area (Å²) in [5.74, 6) is 0.588. The summed E-state index contributed by atoms with van der Waals surface area (Å²) >= 11 is 0. The Hall–Kier alpha value is -3.43. The third kappa shape index (κ3) is 3.49. The molecule has 1 aromatic carbocycles. The fourth-order valence-electron chi connectivity index (χ4n) is 3.92. The van der Waals surface area contributed by atoms with Crippen LogP contribution in [0.4, 0.5) is 15.0 Å². The number of ether oxygens (including phenoxy) is 1. The molecule has 2 aromatic heterocycles. The monoisotopic (exact) mass is 414 g/mol. The highest BCUT2D eigenvalue weighted by molar-refractivity contribution is 5.92. The number of rotatable bonds is 5. The molecule has 30 heavy (non-hydrogen) atoms. The van der Waals surface area contributed by atoms with Gasteiger partial charge in [0.2, 0.25) is 0 Å². The van der Waals surface area contributed by atoms with Crippen molar-refractivity contribution < 1.29 is 19.0 Å². The van der Waals surface area contributed by atoms with Crippen LogP contribution in [0.1, 0.15) is 24.7 Å². The van der Waals surface area contributed by atoms with Crippen LogP contribution in [-0.4, -0.2) is 56.9 Å². The molecule has 1 atom stereocenters. The molecular weight excluding hydrogens is 391 g/mol. The van der Waals surface area contributed by atoms with Gasteiger partial charge >= 0.3 is 6.09 Å². The molecule has 0 aliphatic carbocycles. The van der Waals surface area contributed by atoms with Crippen LogP contribution in [0.25, 0.3) is 16.6 Å². The van der Waals surface area contributed by atoms with Crippen LogP contribution >= 0.6 is 0 Å². The Kier molecular flexibility index (Phi) is 5.15. The summed E-state index contributed by atoms with van der Waals surface area (Å²) in [5, 5.41) is 25.5. The Bertz CT molecular complexity index is 1120. The van der Waals surface area contributed by atoms with Gasteiger partial charge in [-0.25, -0.2) is 13.9 Å². The minimum atomic E-state index is -1.05. The predicted octanol–water partition coefficient (Wildman–Crippen LogP) is 2.82. The van der Waals surface area contributed by atoms with Crippen molar-refractivity contribution in [2.45, 2.75) is 33.2 Å². The number of fused-ring (bicyclic) bond motifs is 1. The Balaban J connectivity index is 1.76. The molecule has 0 bridgehead atoms. The van der Waals surface area contributed by atoms with Crippen molar-refractivity contribution in [1.29, 1.82) is 0 Å². The molecule has 1 aliphatic rings. The second-order valence-corrected chi connectivity index (χ2v) is 7.26. The average Bonchev–Trinajstić information content (AvgIpc) is 3.27. The molecule has 1 aliphatic heterocycles. The number of aromatic nitrogens is 4. The quantitative estimate of drug-likeness (QED) is 0.661. The van der Waals surface area contributed by atoms with Gasteiger partial charge in [-0.1, -0.05) is 0 Å². The molecule has 0 radical (unpaired) electrons. The zero-order valence-corrected chi connectivity index (χ0v) is 17.0. The third-order valence-corrected chi connectivity index (χ3v) is 5.26. The SMILES string of the molecule is CCOc1ccc(-n2nc3c(N4CCC(NC(=O)O)C4)nnc(C)c3c2C)c(F)c1. The summed E-state index contributed by atoms with van der Waals surface area (Å²) in [6.45, 7) is 7.10. The fraction of sp³-hybridized carbons (Fsp3) is 0.400. The van der Waals surface area contributed by atoms with Gasteiger partial charge in [0, 0.05) is 19.2 Å². The second-order valence-electron chi connectivity index (χ2n) is 7.26. The van der Waals surface area contributed by atoms with E-state index in [0.29, 0.717) is 54.6 Å². The van der Waals surface area contributed by atoms with E-state index in [4.69, 9.17) is 9.84 Å². The maximum Gasteiger partial charge on any atom is 0.404 e. The van der Waals surface area contributed by atoms with E-state index in [1.807, 2.05) is 25.7 Å². The molecule has 3 aromatic rings. The summed E-state index contributed by atoms with van der Waals surface area (Å²) < 4.78 is 21.7. The summed E-state index contributed by atoms with van der Waals surface area (Å²) in [6.07, 6.45) is -0.385. The van der Waals surface area contributed by atoms with Crippen LogP contribution in [0.15, 0.2) is 18.2 Å². The summed E-state index contributed by atoms with van der Waals surface area (Å²) in [4.78, 5) is 12.9. The number of halogens is 1. The molecule has 4 rings (SSSR count). The van der Waals surface area contributed by atoms with Crippen LogP contribution < -0.4 is 15.0 Å². The standard InChI is InChI=1S/C20H23FN6O3/c1-4-30-14-5-6-16(15(21)9-14)27-12(3)17-11(2)23-24-19(18(17)25-27)26-8-7-13(10-26)22-20(28)29/h5-6,9,13,22H,4,7-8,10H2,1-3H3,(H,28,29). The minimum absolute atomic E-state index is 0.188. The molecule has 1 saturated heterocycles. The highest BCUT2D eigenvalue weighted by Crippen LogP contribution is 2.32. The second kappa shape index (κ2) is 7.77. The largest absolute Gasteiger partial charge is 0.494 e.